The normalized spacial score (nSPS) is 14.9. The molecule has 0 saturated heterocycles. The van der Waals surface area contributed by atoms with Crippen molar-refractivity contribution in [3.05, 3.63) is 53.9 Å². The number of hydrogen-bond donors (Lipinski definition) is 0. The third kappa shape index (κ3) is 2.39. The number of imidazole rings is 1. The predicted octanol–water partition coefficient (Wildman–Crippen LogP) is 4.35. The number of methoxy groups -OCH3 is 1. The van der Waals surface area contributed by atoms with E-state index in [1.54, 1.807) is 7.11 Å². The maximum absolute atomic E-state index is 5.63. The highest BCUT2D eigenvalue weighted by Crippen LogP contribution is 2.29. The van der Waals surface area contributed by atoms with Gasteiger partial charge in [-0.05, 0) is 43.9 Å². The Bertz CT molecular complexity index is 879. The van der Waals surface area contributed by atoms with Gasteiger partial charge in [-0.1, -0.05) is 30.7 Å². The topological polar surface area (TPSA) is 18.0 Å². The van der Waals surface area contributed by atoms with Gasteiger partial charge in [0.25, 0.3) is 5.82 Å². The van der Waals surface area contributed by atoms with Gasteiger partial charge in [-0.2, -0.15) is 4.57 Å². The van der Waals surface area contributed by atoms with Crippen LogP contribution in [0.3, 0.4) is 0 Å². The van der Waals surface area contributed by atoms with Crippen molar-refractivity contribution >= 4 is 11.0 Å². The standard InChI is InChI=1S/C21H25N2O/c1-16-22-15-8-4-3-5-10-17-11-9-13-19(21(17)22)23(16)18-12-6-7-14-20(18)24-2/h6-7,9,11-14H,3-5,8,10,15H2,1-2H3/q+1. The van der Waals surface area contributed by atoms with Crippen LogP contribution in [-0.2, 0) is 13.0 Å². The van der Waals surface area contributed by atoms with Crippen molar-refractivity contribution in [3.8, 4) is 11.4 Å². The fraction of sp³-hybridized carbons (Fsp3) is 0.381. The Morgan fingerprint density at radius 3 is 2.67 bits per heavy atom. The van der Waals surface area contributed by atoms with Gasteiger partial charge in [0, 0.05) is 12.5 Å². The fourth-order valence-corrected chi connectivity index (χ4v) is 4.06. The number of rotatable bonds is 2. The van der Waals surface area contributed by atoms with E-state index in [4.69, 9.17) is 4.74 Å². The van der Waals surface area contributed by atoms with Crippen molar-refractivity contribution in [1.29, 1.82) is 0 Å². The smallest absolute Gasteiger partial charge is 0.259 e. The first-order valence-electron chi connectivity index (χ1n) is 8.97. The summed E-state index contributed by atoms with van der Waals surface area (Å²) in [6.45, 7) is 3.33. The zero-order chi connectivity index (χ0) is 16.5. The van der Waals surface area contributed by atoms with Crippen LogP contribution in [0.5, 0.6) is 5.75 Å². The molecule has 0 aliphatic carbocycles. The molecular formula is C21H25N2O+. The highest BCUT2D eigenvalue weighted by atomic mass is 16.5. The molecule has 2 heterocycles. The van der Waals surface area contributed by atoms with Gasteiger partial charge in [-0.3, -0.25) is 0 Å². The van der Waals surface area contributed by atoms with Crippen molar-refractivity contribution in [3.63, 3.8) is 0 Å². The molecule has 2 aromatic carbocycles. The Labute approximate surface area is 143 Å². The second kappa shape index (κ2) is 6.31. The maximum atomic E-state index is 5.63. The zero-order valence-electron chi connectivity index (χ0n) is 14.6. The quantitative estimate of drug-likeness (QED) is 0.642. The van der Waals surface area contributed by atoms with Crippen LogP contribution < -0.4 is 9.30 Å². The van der Waals surface area contributed by atoms with Gasteiger partial charge in [0.15, 0.2) is 22.5 Å². The molecule has 3 nitrogen and oxygen atoms in total. The first kappa shape index (κ1) is 15.3. The van der Waals surface area contributed by atoms with Gasteiger partial charge in [-0.25, -0.2) is 4.57 Å². The van der Waals surface area contributed by atoms with Crippen molar-refractivity contribution in [2.45, 2.75) is 45.6 Å². The lowest BCUT2D eigenvalue weighted by Crippen LogP contribution is -2.36. The van der Waals surface area contributed by atoms with Gasteiger partial charge < -0.3 is 4.74 Å². The molecule has 0 spiro atoms. The second-order valence-corrected chi connectivity index (χ2v) is 6.66. The number of aryl methyl sites for hydroxylation is 2. The molecule has 1 aliphatic rings. The number of benzene rings is 2. The molecule has 0 N–H and O–H groups in total. The summed E-state index contributed by atoms with van der Waals surface area (Å²) < 4.78 is 10.5. The van der Waals surface area contributed by atoms with Crippen LogP contribution in [-0.4, -0.2) is 11.7 Å². The molecule has 0 atom stereocenters. The second-order valence-electron chi connectivity index (χ2n) is 6.66. The Balaban J connectivity index is 2.04. The van der Waals surface area contributed by atoms with E-state index in [1.807, 2.05) is 12.1 Å². The molecule has 124 valence electrons. The van der Waals surface area contributed by atoms with E-state index in [1.165, 1.54) is 54.5 Å². The first-order chi connectivity index (χ1) is 11.8. The monoisotopic (exact) mass is 321 g/mol. The van der Waals surface area contributed by atoms with Crippen LogP contribution in [0.2, 0.25) is 0 Å². The van der Waals surface area contributed by atoms with Crippen LogP contribution in [0.4, 0.5) is 0 Å². The van der Waals surface area contributed by atoms with Gasteiger partial charge in [0.2, 0.25) is 0 Å². The van der Waals surface area contributed by atoms with Crippen LogP contribution >= 0.6 is 0 Å². The molecule has 0 amide bonds. The molecule has 3 aromatic rings. The first-order valence-corrected chi connectivity index (χ1v) is 8.97. The van der Waals surface area contributed by atoms with Crippen molar-refractivity contribution in [1.82, 2.24) is 4.57 Å². The molecule has 1 aromatic heterocycles. The van der Waals surface area contributed by atoms with E-state index in [9.17, 15) is 0 Å². The van der Waals surface area contributed by atoms with E-state index >= 15 is 0 Å². The summed E-state index contributed by atoms with van der Waals surface area (Å²) in [7, 11) is 1.75. The van der Waals surface area contributed by atoms with Gasteiger partial charge >= 0.3 is 0 Å². The van der Waals surface area contributed by atoms with E-state index in [-0.39, 0.29) is 0 Å². The molecule has 4 rings (SSSR count). The van der Waals surface area contributed by atoms with Crippen LogP contribution in [0.15, 0.2) is 42.5 Å². The Morgan fingerprint density at radius 2 is 1.79 bits per heavy atom. The average Bonchev–Trinajstić information content (AvgIpc) is 2.95. The fourth-order valence-electron chi connectivity index (χ4n) is 4.06. The summed E-state index contributed by atoms with van der Waals surface area (Å²) in [5.41, 5.74) is 5.29. The minimum atomic E-state index is 0.919. The third-order valence-electron chi connectivity index (χ3n) is 5.23. The lowest BCUT2D eigenvalue weighted by Gasteiger charge is -2.06. The zero-order valence-corrected chi connectivity index (χ0v) is 14.6. The molecular weight excluding hydrogens is 296 g/mol. The van der Waals surface area contributed by atoms with Gasteiger partial charge in [0.05, 0.1) is 13.7 Å². The van der Waals surface area contributed by atoms with Crippen LogP contribution in [0.1, 0.15) is 37.1 Å². The highest BCUT2D eigenvalue weighted by Gasteiger charge is 2.27. The SMILES string of the molecule is COc1ccccc1-n1c(C)[n+]2c3c(cccc31)CCCCCC2. The maximum Gasteiger partial charge on any atom is 0.259 e. The van der Waals surface area contributed by atoms with Crippen LogP contribution in [0.25, 0.3) is 16.7 Å². The average molecular weight is 321 g/mol. The molecule has 0 saturated carbocycles. The minimum Gasteiger partial charge on any atom is -0.492 e. The Morgan fingerprint density at radius 1 is 0.958 bits per heavy atom. The van der Waals surface area contributed by atoms with Crippen molar-refractivity contribution < 1.29 is 9.30 Å². The van der Waals surface area contributed by atoms with E-state index in [2.05, 4.69) is 46.4 Å². The molecule has 0 bridgehead atoms. The highest BCUT2D eigenvalue weighted by molar-refractivity contribution is 5.79. The van der Waals surface area contributed by atoms with Crippen molar-refractivity contribution in [2.24, 2.45) is 0 Å². The molecule has 3 heteroatoms. The number of para-hydroxylation sites is 3. The molecule has 0 fully saturated rings. The summed E-state index contributed by atoms with van der Waals surface area (Å²) >= 11 is 0. The number of nitrogens with zero attached hydrogens (tertiary/aromatic N) is 2. The molecule has 24 heavy (non-hydrogen) atoms. The van der Waals surface area contributed by atoms with E-state index < -0.39 is 0 Å². The summed E-state index contributed by atoms with van der Waals surface area (Å²) in [5.74, 6) is 2.20. The third-order valence-corrected chi connectivity index (χ3v) is 5.23. The predicted molar refractivity (Wildman–Crippen MR) is 96.9 cm³/mol. The molecule has 0 radical (unpaired) electrons. The summed E-state index contributed by atoms with van der Waals surface area (Å²) in [5, 5.41) is 0. The van der Waals surface area contributed by atoms with Gasteiger partial charge in [0.1, 0.15) is 0 Å². The summed E-state index contributed by atoms with van der Waals surface area (Å²) in [6.07, 6.45) is 6.38. The minimum absolute atomic E-state index is 0.919. The van der Waals surface area contributed by atoms with E-state index in [0.717, 1.165) is 18.0 Å². The Kier molecular flexibility index (Phi) is 4.01. The number of aromatic nitrogens is 2. The Hall–Kier alpha value is -2.29. The van der Waals surface area contributed by atoms with Crippen LogP contribution in [0, 0.1) is 6.92 Å². The van der Waals surface area contributed by atoms with Crippen molar-refractivity contribution in [2.75, 3.05) is 7.11 Å². The summed E-state index contributed by atoms with van der Waals surface area (Å²) in [6, 6.07) is 15.0. The molecule has 0 unspecified atom stereocenters. The molecule has 1 aliphatic heterocycles. The number of ether oxygens (including phenoxy) is 1. The lowest BCUT2D eigenvalue weighted by atomic mass is 10.1. The lowest BCUT2D eigenvalue weighted by molar-refractivity contribution is -0.678. The largest absolute Gasteiger partial charge is 0.492 e. The van der Waals surface area contributed by atoms with E-state index in [0.29, 0.717) is 0 Å². The number of hydrogen-bond acceptors (Lipinski definition) is 1. The summed E-state index contributed by atoms with van der Waals surface area (Å²) in [4.78, 5) is 0. The van der Waals surface area contributed by atoms with Gasteiger partial charge in [-0.15, -0.1) is 0 Å².